The fourth-order valence-electron chi connectivity index (χ4n) is 5.84. The first-order valence-corrected chi connectivity index (χ1v) is 12.7. The Balaban J connectivity index is 1.60. The number of carbonyl (C=O) groups is 1. The number of carboxylic acids is 1. The lowest BCUT2D eigenvalue weighted by Gasteiger charge is -2.51. The molecule has 2 N–H and O–H groups in total. The highest BCUT2D eigenvalue weighted by Gasteiger charge is 2.52. The van der Waals surface area contributed by atoms with Crippen molar-refractivity contribution in [3.05, 3.63) is 41.5 Å². The van der Waals surface area contributed by atoms with Gasteiger partial charge in [0, 0.05) is 12.1 Å². The smallest absolute Gasteiger partial charge is 0.420 e. The zero-order valence-electron chi connectivity index (χ0n) is 20.9. The van der Waals surface area contributed by atoms with Crippen molar-refractivity contribution >= 4 is 16.7 Å². The van der Waals surface area contributed by atoms with E-state index < -0.39 is 29.0 Å². The summed E-state index contributed by atoms with van der Waals surface area (Å²) >= 11 is 0. The van der Waals surface area contributed by atoms with Gasteiger partial charge in [0.2, 0.25) is 0 Å². The molecule has 2 aliphatic rings. The van der Waals surface area contributed by atoms with E-state index in [0.717, 1.165) is 37.7 Å². The first-order chi connectivity index (χ1) is 16.4. The molecule has 0 unspecified atom stereocenters. The molecule has 4 nitrogen and oxygen atoms in total. The molecular formula is C28H36F3NO3. The van der Waals surface area contributed by atoms with Crippen molar-refractivity contribution in [3.63, 3.8) is 0 Å². The molecule has 2 aliphatic carbocycles. The van der Waals surface area contributed by atoms with Gasteiger partial charge in [-0.1, -0.05) is 45.4 Å². The topological polar surface area (TPSA) is 58.6 Å². The molecule has 0 saturated heterocycles. The van der Waals surface area contributed by atoms with Gasteiger partial charge < -0.3 is 15.2 Å². The van der Waals surface area contributed by atoms with Gasteiger partial charge in [-0.3, -0.25) is 4.79 Å². The summed E-state index contributed by atoms with van der Waals surface area (Å²) in [7, 11) is 0. The van der Waals surface area contributed by atoms with Gasteiger partial charge in [0.1, 0.15) is 11.3 Å². The van der Waals surface area contributed by atoms with Crippen LogP contribution in [0.15, 0.2) is 30.3 Å². The molecule has 0 aromatic heterocycles. The Morgan fingerprint density at radius 2 is 1.83 bits per heavy atom. The molecule has 7 heteroatoms. The van der Waals surface area contributed by atoms with Crippen LogP contribution in [0.2, 0.25) is 0 Å². The molecule has 4 rings (SSSR count). The zero-order chi connectivity index (χ0) is 25.5. The lowest BCUT2D eigenvalue weighted by atomic mass is 9.58. The molecule has 0 aliphatic heterocycles. The highest BCUT2D eigenvalue weighted by atomic mass is 19.4. The Morgan fingerprint density at radius 3 is 2.40 bits per heavy atom. The van der Waals surface area contributed by atoms with Gasteiger partial charge in [0.15, 0.2) is 0 Å². The van der Waals surface area contributed by atoms with Crippen LogP contribution in [0.25, 0.3) is 10.8 Å². The number of halogens is 3. The molecule has 0 radical (unpaired) electrons. The molecule has 2 aromatic rings. The summed E-state index contributed by atoms with van der Waals surface area (Å²) in [6.07, 6.45) is 0.408. The lowest BCUT2D eigenvalue weighted by Crippen LogP contribution is -2.59. The third kappa shape index (κ3) is 5.16. The molecule has 2 saturated carbocycles. The van der Waals surface area contributed by atoms with Crippen LogP contribution in [0.1, 0.15) is 83.4 Å². The number of fused-ring (bicyclic) bond motifs is 1. The number of carboxylic acid groups (broad SMARTS) is 1. The van der Waals surface area contributed by atoms with Crippen LogP contribution >= 0.6 is 0 Å². The fourth-order valence-corrected chi connectivity index (χ4v) is 5.84. The number of nitrogens with one attached hydrogen (secondary N) is 1. The molecule has 0 spiro atoms. The van der Waals surface area contributed by atoms with Crippen LogP contribution in [0.5, 0.6) is 5.75 Å². The predicted octanol–water partition coefficient (Wildman–Crippen LogP) is 7.36. The number of aliphatic carboxylic acids is 1. The number of hydrogen-bond acceptors (Lipinski definition) is 3. The standard InChI is InChI=1S/C28H36F3NO3/c1-5-17-6-11-20(12-7-17)35-23-13-10-18-8-9-19(14-21(18)25(23)28(29,30)31)16(2)32-24-15-22(26(33)34)27(24,3)4/h8-10,13-14,16-17,20,22,24,32H,5-7,11-12,15H2,1-4H3,(H,33,34)/t16-,17-,20+,22-,24-/m1/s1. The van der Waals surface area contributed by atoms with E-state index in [1.54, 1.807) is 18.2 Å². The van der Waals surface area contributed by atoms with Gasteiger partial charge in [-0.05, 0) is 78.8 Å². The van der Waals surface area contributed by atoms with Gasteiger partial charge >= 0.3 is 12.1 Å². The molecule has 35 heavy (non-hydrogen) atoms. The van der Waals surface area contributed by atoms with Crippen molar-refractivity contribution in [2.24, 2.45) is 17.3 Å². The predicted molar refractivity (Wildman–Crippen MR) is 130 cm³/mol. The largest absolute Gasteiger partial charge is 0.490 e. The zero-order valence-corrected chi connectivity index (χ0v) is 20.9. The minimum absolute atomic E-state index is 0.0238. The summed E-state index contributed by atoms with van der Waals surface area (Å²) in [4.78, 5) is 11.4. The second-order valence-electron chi connectivity index (χ2n) is 11.0. The maximum absolute atomic E-state index is 14.3. The van der Waals surface area contributed by atoms with Gasteiger partial charge in [-0.2, -0.15) is 13.2 Å². The summed E-state index contributed by atoms with van der Waals surface area (Å²) in [5, 5.41) is 13.5. The van der Waals surface area contributed by atoms with Crippen molar-refractivity contribution in [2.75, 3.05) is 0 Å². The van der Waals surface area contributed by atoms with Crippen molar-refractivity contribution in [3.8, 4) is 5.75 Å². The second-order valence-corrected chi connectivity index (χ2v) is 11.0. The summed E-state index contributed by atoms with van der Waals surface area (Å²) in [6, 6.07) is 8.08. The molecule has 0 heterocycles. The molecule has 192 valence electrons. The average molecular weight is 492 g/mol. The van der Waals surface area contributed by atoms with Crippen molar-refractivity contribution in [2.45, 2.75) is 90.6 Å². The fraction of sp³-hybridized carbons (Fsp3) is 0.607. The van der Waals surface area contributed by atoms with Gasteiger partial charge in [0.05, 0.1) is 12.0 Å². The Labute approximate surface area is 205 Å². The highest BCUT2D eigenvalue weighted by Crippen LogP contribution is 2.47. The number of alkyl halides is 3. The molecule has 2 fully saturated rings. The van der Waals surface area contributed by atoms with Crippen LogP contribution in [0, 0.1) is 17.3 Å². The maximum atomic E-state index is 14.3. The maximum Gasteiger partial charge on any atom is 0.420 e. The highest BCUT2D eigenvalue weighted by molar-refractivity contribution is 5.89. The van der Waals surface area contributed by atoms with E-state index >= 15 is 0 Å². The Hall–Kier alpha value is -2.28. The third-order valence-electron chi connectivity index (χ3n) is 8.47. The first kappa shape index (κ1) is 25.8. The summed E-state index contributed by atoms with van der Waals surface area (Å²) in [5.74, 6) is -0.687. The van der Waals surface area contributed by atoms with Crippen LogP contribution in [-0.2, 0) is 11.0 Å². The van der Waals surface area contributed by atoms with Gasteiger partial charge in [0.25, 0.3) is 0 Å². The second kappa shape index (κ2) is 9.64. The summed E-state index contributed by atoms with van der Waals surface area (Å²) in [6.45, 7) is 7.89. The van der Waals surface area contributed by atoms with E-state index in [-0.39, 0.29) is 29.3 Å². The quantitative estimate of drug-likeness (QED) is 0.425. The Kier molecular flexibility index (Phi) is 7.11. The van der Waals surface area contributed by atoms with Crippen molar-refractivity contribution in [1.82, 2.24) is 5.32 Å². The van der Waals surface area contributed by atoms with E-state index in [2.05, 4.69) is 12.2 Å². The van der Waals surface area contributed by atoms with E-state index in [1.807, 2.05) is 26.8 Å². The molecule has 2 aromatic carbocycles. The average Bonchev–Trinajstić information content (AvgIpc) is 2.80. The lowest BCUT2D eigenvalue weighted by molar-refractivity contribution is -0.155. The van der Waals surface area contributed by atoms with Crippen LogP contribution in [0.3, 0.4) is 0 Å². The summed E-state index contributed by atoms with van der Waals surface area (Å²) < 4.78 is 49.0. The molecular weight excluding hydrogens is 455 g/mol. The molecule has 0 bridgehead atoms. The Bertz CT molecular complexity index is 1070. The Morgan fingerprint density at radius 1 is 1.17 bits per heavy atom. The van der Waals surface area contributed by atoms with Crippen molar-refractivity contribution < 1.29 is 27.8 Å². The van der Waals surface area contributed by atoms with Crippen LogP contribution < -0.4 is 10.1 Å². The number of hydrogen-bond donors (Lipinski definition) is 2. The van der Waals surface area contributed by atoms with E-state index in [4.69, 9.17) is 4.74 Å². The monoisotopic (exact) mass is 491 g/mol. The minimum atomic E-state index is -4.55. The van der Waals surface area contributed by atoms with Gasteiger partial charge in [-0.25, -0.2) is 0 Å². The van der Waals surface area contributed by atoms with Crippen molar-refractivity contribution in [1.29, 1.82) is 0 Å². The third-order valence-corrected chi connectivity index (χ3v) is 8.47. The minimum Gasteiger partial charge on any atom is -0.490 e. The SMILES string of the molecule is CC[C@H]1CC[C@@H](Oc2ccc3ccc([C@@H](C)N[C@@H]4C[C@H](C(=O)O)C4(C)C)cc3c2C(F)(F)F)CC1. The van der Waals surface area contributed by atoms with Gasteiger partial charge in [-0.15, -0.1) is 0 Å². The first-order valence-electron chi connectivity index (χ1n) is 12.7. The number of rotatable bonds is 7. The molecule has 0 amide bonds. The van der Waals surface area contributed by atoms with E-state index in [0.29, 0.717) is 17.7 Å². The normalized spacial score (nSPS) is 27.3. The number of benzene rings is 2. The van der Waals surface area contributed by atoms with Crippen LogP contribution in [0.4, 0.5) is 13.2 Å². The van der Waals surface area contributed by atoms with Crippen LogP contribution in [-0.4, -0.2) is 23.2 Å². The van der Waals surface area contributed by atoms with E-state index in [9.17, 15) is 23.1 Å². The number of ether oxygens (including phenoxy) is 1. The summed E-state index contributed by atoms with van der Waals surface area (Å²) in [5.41, 5.74) is -0.402. The van der Waals surface area contributed by atoms with E-state index in [1.165, 1.54) is 6.07 Å². The molecule has 3 atom stereocenters.